The maximum Gasteiger partial charge on any atom is 0.228 e. The van der Waals surface area contributed by atoms with Gasteiger partial charge >= 0.3 is 0 Å². The van der Waals surface area contributed by atoms with Crippen molar-refractivity contribution >= 4 is 0 Å². The molecule has 0 radical (unpaired) electrons. The lowest BCUT2D eigenvalue weighted by atomic mass is 9.98. The number of halogens is 4. The Morgan fingerprint density at radius 3 is 1.93 bits per heavy atom. The Labute approximate surface area is 161 Å². The van der Waals surface area contributed by atoms with Gasteiger partial charge in [-0.2, -0.15) is 0 Å². The minimum absolute atomic E-state index is 0.0140. The molecule has 3 aromatic carbocycles. The summed E-state index contributed by atoms with van der Waals surface area (Å²) < 4.78 is 59.0. The molecule has 0 aliphatic heterocycles. The molecule has 0 amide bonds. The van der Waals surface area contributed by atoms with Crippen molar-refractivity contribution in [2.45, 2.75) is 26.2 Å². The quantitative estimate of drug-likeness (QED) is 0.393. The van der Waals surface area contributed by atoms with Gasteiger partial charge in [0.1, 0.15) is 5.82 Å². The molecule has 3 aromatic rings. The smallest absolute Gasteiger partial charge is 0.228 e. The number of ether oxygens (including phenoxy) is 1. The number of hydrogen-bond acceptors (Lipinski definition) is 1. The molecule has 0 saturated heterocycles. The Hall–Kier alpha value is -2.82. The molecule has 0 bridgehead atoms. The van der Waals surface area contributed by atoms with Crippen molar-refractivity contribution in [1.29, 1.82) is 0 Å². The summed E-state index contributed by atoms with van der Waals surface area (Å²) in [5, 5.41) is 0. The Morgan fingerprint density at radius 2 is 1.36 bits per heavy atom. The van der Waals surface area contributed by atoms with Gasteiger partial charge in [0.25, 0.3) is 0 Å². The fourth-order valence-corrected chi connectivity index (χ4v) is 3.08. The molecule has 0 aliphatic rings. The first kappa shape index (κ1) is 19.9. The van der Waals surface area contributed by atoms with E-state index < -0.39 is 30.1 Å². The van der Waals surface area contributed by atoms with Gasteiger partial charge in [0.15, 0.2) is 17.4 Å². The highest BCUT2D eigenvalue weighted by atomic mass is 19.1. The van der Waals surface area contributed by atoms with Gasteiger partial charge in [0.2, 0.25) is 6.86 Å². The van der Waals surface area contributed by atoms with Crippen LogP contribution in [0.3, 0.4) is 0 Å². The van der Waals surface area contributed by atoms with Gasteiger partial charge in [0, 0.05) is 5.56 Å². The molecule has 0 heterocycles. The van der Waals surface area contributed by atoms with E-state index in [1.54, 1.807) is 6.07 Å². The van der Waals surface area contributed by atoms with Crippen LogP contribution in [0.5, 0.6) is 5.75 Å². The molecule has 3 rings (SSSR count). The molecular weight excluding hydrogens is 368 g/mol. The molecule has 0 saturated carbocycles. The van der Waals surface area contributed by atoms with Gasteiger partial charge in [-0.3, -0.25) is 0 Å². The van der Waals surface area contributed by atoms with Crippen molar-refractivity contribution in [3.63, 3.8) is 0 Å². The zero-order valence-corrected chi connectivity index (χ0v) is 15.4. The molecule has 0 spiro atoms. The predicted octanol–water partition coefficient (Wildman–Crippen LogP) is 7.09. The largest absolute Gasteiger partial charge is 0.457 e. The lowest BCUT2D eigenvalue weighted by molar-refractivity contribution is 0.176. The van der Waals surface area contributed by atoms with Gasteiger partial charge in [0.05, 0.1) is 0 Å². The van der Waals surface area contributed by atoms with Crippen LogP contribution in [-0.2, 0) is 6.42 Å². The van der Waals surface area contributed by atoms with Gasteiger partial charge in [-0.25, -0.2) is 17.6 Å². The summed E-state index contributed by atoms with van der Waals surface area (Å²) in [6.07, 6.45) is 3.24. The molecule has 1 nitrogen and oxygen atoms in total. The molecule has 0 aromatic heterocycles. The van der Waals surface area contributed by atoms with Crippen LogP contribution in [0.25, 0.3) is 22.3 Å². The summed E-state index contributed by atoms with van der Waals surface area (Å²) in [7, 11) is 0. The third kappa shape index (κ3) is 4.35. The second kappa shape index (κ2) is 8.91. The van der Waals surface area contributed by atoms with E-state index in [-0.39, 0.29) is 11.1 Å². The lowest BCUT2D eigenvalue weighted by Gasteiger charge is -2.10. The van der Waals surface area contributed by atoms with Gasteiger partial charge < -0.3 is 4.74 Å². The van der Waals surface area contributed by atoms with E-state index in [1.165, 1.54) is 17.7 Å². The molecule has 0 unspecified atom stereocenters. The molecule has 146 valence electrons. The summed E-state index contributed by atoms with van der Waals surface area (Å²) in [6, 6.07) is 14.3. The summed E-state index contributed by atoms with van der Waals surface area (Å²) in [5.41, 5.74) is 2.81. The molecule has 0 fully saturated rings. The first-order chi connectivity index (χ1) is 13.5. The molecule has 0 N–H and O–H groups in total. The van der Waals surface area contributed by atoms with Crippen LogP contribution in [0.4, 0.5) is 17.6 Å². The van der Waals surface area contributed by atoms with Crippen LogP contribution in [-0.4, -0.2) is 6.86 Å². The third-order valence-electron chi connectivity index (χ3n) is 4.58. The van der Waals surface area contributed by atoms with E-state index in [9.17, 15) is 17.6 Å². The molecule has 28 heavy (non-hydrogen) atoms. The van der Waals surface area contributed by atoms with E-state index in [0.717, 1.165) is 37.0 Å². The maximum absolute atomic E-state index is 14.6. The first-order valence-electron chi connectivity index (χ1n) is 9.10. The number of alkyl halides is 1. The van der Waals surface area contributed by atoms with E-state index in [4.69, 9.17) is 0 Å². The van der Waals surface area contributed by atoms with Crippen LogP contribution >= 0.6 is 0 Å². The molecule has 0 aliphatic carbocycles. The predicted molar refractivity (Wildman–Crippen MR) is 102 cm³/mol. The summed E-state index contributed by atoms with van der Waals surface area (Å²) in [6.45, 7) is 0.783. The number of rotatable bonds is 7. The molecule has 0 atom stereocenters. The van der Waals surface area contributed by atoms with Crippen LogP contribution in [0.2, 0.25) is 0 Å². The monoisotopic (exact) mass is 388 g/mol. The van der Waals surface area contributed by atoms with Crippen molar-refractivity contribution in [3.8, 4) is 28.0 Å². The summed E-state index contributed by atoms with van der Waals surface area (Å²) in [5.74, 6) is -3.59. The van der Waals surface area contributed by atoms with Gasteiger partial charge in [-0.15, -0.1) is 0 Å². The lowest BCUT2D eigenvalue weighted by Crippen LogP contribution is -1.98. The molecular formula is C23H20F4O. The molecule has 5 heteroatoms. The number of unbranched alkanes of at least 4 members (excludes halogenated alkanes) is 1. The van der Waals surface area contributed by atoms with Gasteiger partial charge in [-0.05, 0) is 53.3 Å². The first-order valence-corrected chi connectivity index (χ1v) is 9.10. The van der Waals surface area contributed by atoms with Gasteiger partial charge in [-0.1, -0.05) is 49.7 Å². The zero-order valence-electron chi connectivity index (χ0n) is 15.4. The minimum Gasteiger partial charge on any atom is -0.457 e. The Morgan fingerprint density at radius 1 is 0.750 bits per heavy atom. The topological polar surface area (TPSA) is 9.23 Å². The van der Waals surface area contributed by atoms with Crippen LogP contribution in [0, 0.1) is 17.5 Å². The summed E-state index contributed by atoms with van der Waals surface area (Å²) in [4.78, 5) is 0. The number of benzene rings is 3. The van der Waals surface area contributed by atoms with E-state index >= 15 is 0 Å². The van der Waals surface area contributed by atoms with Crippen molar-refractivity contribution in [3.05, 3.63) is 77.6 Å². The zero-order chi connectivity index (χ0) is 20.1. The van der Waals surface area contributed by atoms with Crippen LogP contribution in [0.15, 0.2) is 54.6 Å². The standard InChI is InChI=1S/C23H20F4O/c1-2-3-4-15-5-7-16(8-6-15)17-9-10-19(20(25)11-17)18-12-21(26)23(28-14-24)22(27)13-18/h5-13H,2-4,14H2,1H3. The second-order valence-corrected chi connectivity index (χ2v) is 6.52. The fourth-order valence-electron chi connectivity index (χ4n) is 3.08. The van der Waals surface area contributed by atoms with Crippen molar-refractivity contribution < 1.29 is 22.3 Å². The second-order valence-electron chi connectivity index (χ2n) is 6.52. The highest BCUT2D eigenvalue weighted by molar-refractivity contribution is 5.71. The maximum atomic E-state index is 14.6. The van der Waals surface area contributed by atoms with E-state index in [0.29, 0.717) is 5.56 Å². The average molecular weight is 388 g/mol. The fraction of sp³-hybridized carbons (Fsp3) is 0.217. The Kier molecular flexibility index (Phi) is 6.34. The van der Waals surface area contributed by atoms with Crippen molar-refractivity contribution in [2.24, 2.45) is 0 Å². The Balaban J connectivity index is 1.88. The number of aryl methyl sites for hydroxylation is 1. The summed E-state index contributed by atoms with van der Waals surface area (Å²) >= 11 is 0. The highest BCUT2D eigenvalue weighted by Gasteiger charge is 2.16. The van der Waals surface area contributed by atoms with Crippen molar-refractivity contribution in [2.75, 3.05) is 6.86 Å². The SMILES string of the molecule is CCCCc1ccc(-c2ccc(-c3cc(F)c(OCF)c(F)c3)c(F)c2)cc1. The highest BCUT2D eigenvalue weighted by Crippen LogP contribution is 2.32. The minimum atomic E-state index is -1.35. The normalized spacial score (nSPS) is 10.9. The van der Waals surface area contributed by atoms with Crippen molar-refractivity contribution in [1.82, 2.24) is 0 Å². The van der Waals surface area contributed by atoms with Crippen LogP contribution in [0.1, 0.15) is 25.3 Å². The Bertz CT molecular complexity index is 928. The van der Waals surface area contributed by atoms with E-state index in [1.807, 2.05) is 24.3 Å². The average Bonchev–Trinajstić information content (AvgIpc) is 2.69. The number of hydrogen-bond donors (Lipinski definition) is 0. The van der Waals surface area contributed by atoms with E-state index in [2.05, 4.69) is 11.7 Å². The third-order valence-corrected chi connectivity index (χ3v) is 4.58. The van der Waals surface area contributed by atoms with Crippen LogP contribution < -0.4 is 4.74 Å².